The van der Waals surface area contributed by atoms with Crippen LogP contribution in [0.5, 0.6) is 0 Å². The average Bonchev–Trinajstić information content (AvgIpc) is 2.77. The molecule has 0 saturated carbocycles. The first-order valence-corrected chi connectivity index (χ1v) is 6.65. The van der Waals surface area contributed by atoms with Crippen LogP contribution in [0, 0.1) is 5.92 Å². The normalized spacial score (nSPS) is 30.8. The maximum atomic E-state index is 12.0. The Morgan fingerprint density at radius 3 is 2.72 bits per heavy atom. The van der Waals surface area contributed by atoms with Gasteiger partial charge in [-0.3, -0.25) is 4.90 Å². The van der Waals surface area contributed by atoms with Gasteiger partial charge in [0.05, 0.1) is 6.73 Å². The lowest BCUT2D eigenvalue weighted by Gasteiger charge is -2.34. The van der Waals surface area contributed by atoms with Crippen LogP contribution in [0.1, 0.15) is 25.7 Å². The van der Waals surface area contributed by atoms with E-state index in [4.69, 9.17) is 4.74 Å². The molecule has 0 spiro atoms. The van der Waals surface area contributed by atoms with E-state index < -0.39 is 12.8 Å². The first kappa shape index (κ1) is 14.1. The van der Waals surface area contributed by atoms with Gasteiger partial charge in [-0.25, -0.2) is 0 Å². The SMILES string of the molecule is FC(F)(F)COCN1CCCC1C1CCCNC1. The molecule has 0 aromatic rings. The zero-order valence-corrected chi connectivity index (χ0v) is 10.5. The minimum absolute atomic E-state index is 0.112. The van der Waals surface area contributed by atoms with Crippen molar-refractivity contribution in [2.75, 3.05) is 33.0 Å². The molecule has 0 amide bonds. The summed E-state index contributed by atoms with van der Waals surface area (Å²) >= 11 is 0. The van der Waals surface area contributed by atoms with Gasteiger partial charge < -0.3 is 10.1 Å². The number of hydrogen-bond acceptors (Lipinski definition) is 3. The summed E-state index contributed by atoms with van der Waals surface area (Å²) in [5.41, 5.74) is 0. The Bertz CT molecular complexity index is 254. The molecule has 0 aromatic heterocycles. The molecule has 2 rings (SSSR count). The van der Waals surface area contributed by atoms with E-state index >= 15 is 0 Å². The number of ether oxygens (including phenoxy) is 1. The molecule has 0 radical (unpaired) electrons. The molecule has 0 aliphatic carbocycles. The molecule has 0 bridgehead atoms. The van der Waals surface area contributed by atoms with Crippen LogP contribution in [0.2, 0.25) is 0 Å². The first-order valence-electron chi connectivity index (χ1n) is 6.65. The first-order chi connectivity index (χ1) is 8.56. The minimum atomic E-state index is -4.22. The van der Waals surface area contributed by atoms with E-state index in [1.165, 1.54) is 12.8 Å². The highest BCUT2D eigenvalue weighted by Gasteiger charge is 2.33. The van der Waals surface area contributed by atoms with Gasteiger partial charge in [0, 0.05) is 12.6 Å². The second kappa shape index (κ2) is 6.21. The molecule has 0 aromatic carbocycles. The largest absolute Gasteiger partial charge is 0.411 e. The fourth-order valence-electron chi connectivity index (χ4n) is 3.03. The van der Waals surface area contributed by atoms with Crippen molar-refractivity contribution < 1.29 is 17.9 Å². The summed E-state index contributed by atoms with van der Waals surface area (Å²) in [5.74, 6) is 0.565. The molecule has 1 N–H and O–H groups in total. The highest BCUT2D eigenvalue weighted by molar-refractivity contribution is 4.86. The number of rotatable bonds is 4. The standard InChI is InChI=1S/C12H21F3N2O/c13-12(14,15)8-18-9-17-6-2-4-11(17)10-3-1-5-16-7-10/h10-11,16H,1-9H2. The molecule has 106 valence electrons. The second-order valence-corrected chi connectivity index (χ2v) is 5.22. The third kappa shape index (κ3) is 4.10. The predicted octanol–water partition coefficient (Wildman–Crippen LogP) is 1.99. The van der Waals surface area contributed by atoms with Crippen molar-refractivity contribution in [3.05, 3.63) is 0 Å². The maximum absolute atomic E-state index is 12.0. The number of nitrogens with zero attached hydrogens (tertiary/aromatic N) is 1. The Hall–Kier alpha value is -0.330. The third-order valence-electron chi connectivity index (χ3n) is 3.82. The van der Waals surface area contributed by atoms with E-state index in [1.807, 2.05) is 0 Å². The van der Waals surface area contributed by atoms with Crippen molar-refractivity contribution >= 4 is 0 Å². The zero-order chi connectivity index (χ0) is 13.0. The van der Waals surface area contributed by atoms with E-state index in [-0.39, 0.29) is 6.73 Å². The quantitative estimate of drug-likeness (QED) is 0.842. The van der Waals surface area contributed by atoms with Crippen LogP contribution in [-0.4, -0.2) is 50.1 Å². The van der Waals surface area contributed by atoms with Gasteiger partial charge in [0.1, 0.15) is 6.61 Å². The van der Waals surface area contributed by atoms with E-state index in [0.29, 0.717) is 12.0 Å². The van der Waals surface area contributed by atoms with E-state index in [0.717, 1.165) is 32.5 Å². The Balaban J connectivity index is 1.76. The third-order valence-corrected chi connectivity index (χ3v) is 3.82. The highest BCUT2D eigenvalue weighted by Crippen LogP contribution is 2.28. The van der Waals surface area contributed by atoms with Gasteiger partial charge in [0.2, 0.25) is 0 Å². The molecule has 2 heterocycles. The molecule has 2 unspecified atom stereocenters. The number of alkyl halides is 3. The Labute approximate surface area is 106 Å². The monoisotopic (exact) mass is 266 g/mol. The summed E-state index contributed by atoms with van der Waals surface area (Å²) in [5, 5.41) is 3.37. The molecule has 2 aliphatic rings. The zero-order valence-electron chi connectivity index (χ0n) is 10.5. The summed E-state index contributed by atoms with van der Waals surface area (Å²) in [6.45, 7) is 1.88. The van der Waals surface area contributed by atoms with Crippen molar-refractivity contribution in [2.45, 2.75) is 37.9 Å². The number of halogens is 3. The lowest BCUT2D eigenvalue weighted by atomic mass is 9.90. The Kier molecular flexibility index (Phi) is 4.86. The second-order valence-electron chi connectivity index (χ2n) is 5.22. The van der Waals surface area contributed by atoms with Gasteiger partial charge >= 0.3 is 6.18 Å². The van der Waals surface area contributed by atoms with Crippen LogP contribution in [0.4, 0.5) is 13.2 Å². The molecule has 2 saturated heterocycles. The molecule has 2 fully saturated rings. The average molecular weight is 266 g/mol. The predicted molar refractivity (Wildman–Crippen MR) is 62.2 cm³/mol. The van der Waals surface area contributed by atoms with E-state index in [1.54, 1.807) is 0 Å². The summed E-state index contributed by atoms with van der Waals surface area (Å²) in [4.78, 5) is 2.07. The van der Waals surface area contributed by atoms with E-state index in [9.17, 15) is 13.2 Å². The van der Waals surface area contributed by atoms with Crippen LogP contribution in [-0.2, 0) is 4.74 Å². The number of hydrogen-bond donors (Lipinski definition) is 1. The molecule has 3 nitrogen and oxygen atoms in total. The number of nitrogens with one attached hydrogen (secondary N) is 1. The van der Waals surface area contributed by atoms with Gasteiger partial charge in [-0.05, 0) is 44.7 Å². The maximum Gasteiger partial charge on any atom is 0.411 e. The minimum Gasteiger partial charge on any atom is -0.357 e. The van der Waals surface area contributed by atoms with Crippen molar-refractivity contribution in [1.29, 1.82) is 0 Å². The van der Waals surface area contributed by atoms with Crippen molar-refractivity contribution in [1.82, 2.24) is 10.2 Å². The van der Waals surface area contributed by atoms with Crippen molar-refractivity contribution in [3.63, 3.8) is 0 Å². The van der Waals surface area contributed by atoms with Gasteiger partial charge in [-0.1, -0.05) is 0 Å². The van der Waals surface area contributed by atoms with Crippen molar-refractivity contribution in [2.24, 2.45) is 5.92 Å². The molecule has 18 heavy (non-hydrogen) atoms. The molecule has 2 aliphatic heterocycles. The molecule has 2 atom stereocenters. The lowest BCUT2D eigenvalue weighted by Crippen LogP contribution is -2.44. The summed E-state index contributed by atoms with van der Waals surface area (Å²) < 4.78 is 40.9. The van der Waals surface area contributed by atoms with Crippen LogP contribution < -0.4 is 5.32 Å². The highest BCUT2D eigenvalue weighted by atomic mass is 19.4. The molecule has 6 heteroatoms. The fraction of sp³-hybridized carbons (Fsp3) is 1.00. The lowest BCUT2D eigenvalue weighted by molar-refractivity contribution is -0.184. The summed E-state index contributed by atoms with van der Waals surface area (Å²) in [6, 6.07) is 0.394. The van der Waals surface area contributed by atoms with Crippen LogP contribution >= 0.6 is 0 Å². The van der Waals surface area contributed by atoms with E-state index in [2.05, 4.69) is 10.2 Å². The van der Waals surface area contributed by atoms with Gasteiger partial charge in [-0.2, -0.15) is 13.2 Å². The fourth-order valence-corrected chi connectivity index (χ4v) is 3.03. The molecular formula is C12H21F3N2O. The molecular weight excluding hydrogens is 245 g/mol. The smallest absolute Gasteiger partial charge is 0.357 e. The Morgan fingerprint density at radius 1 is 1.22 bits per heavy atom. The van der Waals surface area contributed by atoms with Gasteiger partial charge in [-0.15, -0.1) is 0 Å². The summed E-state index contributed by atoms with van der Waals surface area (Å²) in [6.07, 6.45) is 0.270. The Morgan fingerprint density at radius 2 is 2.06 bits per heavy atom. The van der Waals surface area contributed by atoms with Gasteiger partial charge in [0.15, 0.2) is 0 Å². The van der Waals surface area contributed by atoms with Gasteiger partial charge in [0.25, 0.3) is 0 Å². The van der Waals surface area contributed by atoms with Crippen molar-refractivity contribution in [3.8, 4) is 0 Å². The van der Waals surface area contributed by atoms with Crippen LogP contribution in [0.15, 0.2) is 0 Å². The van der Waals surface area contributed by atoms with Crippen LogP contribution in [0.3, 0.4) is 0 Å². The number of likely N-dealkylation sites (tertiary alicyclic amines) is 1. The topological polar surface area (TPSA) is 24.5 Å². The summed E-state index contributed by atoms with van der Waals surface area (Å²) in [7, 11) is 0. The number of piperidine rings is 1. The van der Waals surface area contributed by atoms with Crippen LogP contribution in [0.25, 0.3) is 0 Å².